The number of nitrogens with two attached hydrogens (primary N) is 1. The first-order valence-electron chi connectivity index (χ1n) is 5.46. The molecule has 1 atom stereocenters. The molecule has 0 radical (unpaired) electrons. The minimum atomic E-state index is 0.0124. The first-order chi connectivity index (χ1) is 8.56. The second kappa shape index (κ2) is 5.64. The minimum Gasteiger partial charge on any atom is -0.353 e. The van der Waals surface area contributed by atoms with Crippen LogP contribution in [-0.2, 0) is 0 Å². The summed E-state index contributed by atoms with van der Waals surface area (Å²) in [5.41, 5.74) is 6.81. The molecule has 0 aliphatic heterocycles. The van der Waals surface area contributed by atoms with Crippen molar-refractivity contribution in [1.82, 2.24) is 15.2 Å². The number of nitrogens with zero attached hydrogens (tertiary/aromatic N) is 4. The predicted molar refractivity (Wildman–Crippen MR) is 75.2 cm³/mol. The third-order valence-electron chi connectivity index (χ3n) is 2.26. The summed E-state index contributed by atoms with van der Waals surface area (Å²) in [5, 5.41) is 10.00. The van der Waals surface area contributed by atoms with Gasteiger partial charge in [-0.1, -0.05) is 17.4 Å². The molecule has 5 nitrogen and oxygen atoms in total. The summed E-state index contributed by atoms with van der Waals surface area (Å²) < 4.78 is 0.889. The molecule has 2 rings (SSSR count). The van der Waals surface area contributed by atoms with Crippen LogP contribution in [0.3, 0.4) is 0 Å². The van der Waals surface area contributed by atoms with Crippen LogP contribution in [0.25, 0.3) is 0 Å². The maximum absolute atomic E-state index is 5.78. The van der Waals surface area contributed by atoms with Crippen molar-refractivity contribution < 1.29 is 0 Å². The number of rotatable bonds is 4. The van der Waals surface area contributed by atoms with Crippen molar-refractivity contribution in [3.63, 3.8) is 0 Å². The highest BCUT2D eigenvalue weighted by Crippen LogP contribution is 2.31. The SMILES string of the molecule is C[C@H](N)c1ccc(Sc2nnc(N(C)C)s2)nc1. The van der Waals surface area contributed by atoms with Crippen LogP contribution < -0.4 is 10.6 Å². The summed E-state index contributed by atoms with van der Waals surface area (Å²) in [6.07, 6.45) is 1.81. The van der Waals surface area contributed by atoms with E-state index in [-0.39, 0.29) is 6.04 Å². The zero-order valence-electron chi connectivity index (χ0n) is 10.5. The molecule has 0 saturated carbocycles. The van der Waals surface area contributed by atoms with E-state index in [1.165, 1.54) is 11.8 Å². The Morgan fingerprint density at radius 1 is 1.33 bits per heavy atom. The first-order valence-corrected chi connectivity index (χ1v) is 7.10. The summed E-state index contributed by atoms with van der Waals surface area (Å²) in [4.78, 5) is 6.30. The van der Waals surface area contributed by atoms with E-state index in [9.17, 15) is 0 Å². The van der Waals surface area contributed by atoms with Crippen molar-refractivity contribution in [3.8, 4) is 0 Å². The Bertz CT molecular complexity index is 506. The summed E-state index contributed by atoms with van der Waals surface area (Å²) in [5.74, 6) is 0. The van der Waals surface area contributed by atoms with Gasteiger partial charge in [-0.05, 0) is 30.3 Å². The predicted octanol–water partition coefficient (Wildman–Crippen LogP) is 2.17. The number of pyridine rings is 1. The normalized spacial score (nSPS) is 12.4. The molecule has 7 heteroatoms. The Morgan fingerprint density at radius 2 is 2.11 bits per heavy atom. The molecule has 2 aromatic rings. The molecule has 0 bridgehead atoms. The molecule has 0 amide bonds. The molecule has 0 spiro atoms. The zero-order valence-corrected chi connectivity index (χ0v) is 12.1. The van der Waals surface area contributed by atoms with Gasteiger partial charge in [-0.2, -0.15) is 0 Å². The van der Waals surface area contributed by atoms with Gasteiger partial charge < -0.3 is 10.6 Å². The largest absolute Gasteiger partial charge is 0.353 e. The standard InChI is InChI=1S/C11H15N5S2/c1-7(12)8-4-5-9(13-6-8)17-11-15-14-10(18-11)16(2)3/h4-7H,12H2,1-3H3/t7-/m0/s1. The van der Waals surface area contributed by atoms with Crippen molar-refractivity contribution in [1.29, 1.82) is 0 Å². The second-order valence-electron chi connectivity index (χ2n) is 4.07. The van der Waals surface area contributed by atoms with Gasteiger partial charge in [0.2, 0.25) is 5.13 Å². The molecular weight excluding hydrogens is 266 g/mol. The molecule has 0 aliphatic carbocycles. The summed E-state index contributed by atoms with van der Waals surface area (Å²) in [6.45, 7) is 1.94. The fraction of sp³-hybridized carbons (Fsp3) is 0.364. The quantitative estimate of drug-likeness (QED) is 0.926. The smallest absolute Gasteiger partial charge is 0.208 e. The van der Waals surface area contributed by atoms with Gasteiger partial charge in [0.1, 0.15) is 5.03 Å². The van der Waals surface area contributed by atoms with Crippen LogP contribution in [0.4, 0.5) is 5.13 Å². The average Bonchev–Trinajstić information content (AvgIpc) is 2.78. The van der Waals surface area contributed by atoms with E-state index in [2.05, 4.69) is 15.2 Å². The molecule has 0 saturated heterocycles. The number of aromatic nitrogens is 3. The van der Waals surface area contributed by atoms with Crippen molar-refractivity contribution in [3.05, 3.63) is 23.9 Å². The third kappa shape index (κ3) is 3.18. The van der Waals surface area contributed by atoms with E-state index in [0.717, 1.165) is 20.1 Å². The van der Waals surface area contributed by atoms with Gasteiger partial charge in [-0.25, -0.2) is 4.98 Å². The van der Waals surface area contributed by atoms with Crippen LogP contribution in [0.1, 0.15) is 18.5 Å². The molecule has 0 unspecified atom stereocenters. The van der Waals surface area contributed by atoms with Crippen molar-refractivity contribution in [2.45, 2.75) is 22.3 Å². The first kappa shape index (κ1) is 13.3. The van der Waals surface area contributed by atoms with Gasteiger partial charge in [-0.15, -0.1) is 10.2 Å². The Balaban J connectivity index is 2.08. The van der Waals surface area contributed by atoms with Crippen molar-refractivity contribution >= 4 is 28.2 Å². The van der Waals surface area contributed by atoms with Gasteiger partial charge in [0.15, 0.2) is 4.34 Å². The average molecular weight is 281 g/mol. The van der Waals surface area contributed by atoms with Gasteiger partial charge in [0, 0.05) is 26.3 Å². The highest BCUT2D eigenvalue weighted by molar-refractivity contribution is 8.01. The summed E-state index contributed by atoms with van der Waals surface area (Å²) in [7, 11) is 3.90. The lowest BCUT2D eigenvalue weighted by atomic mass is 10.2. The van der Waals surface area contributed by atoms with E-state index in [1.54, 1.807) is 17.5 Å². The lowest BCUT2D eigenvalue weighted by molar-refractivity contribution is 0.806. The van der Waals surface area contributed by atoms with Crippen LogP contribution in [0.15, 0.2) is 27.7 Å². The fourth-order valence-corrected chi connectivity index (χ4v) is 2.89. The molecule has 96 valence electrons. The Hall–Kier alpha value is -1.18. The minimum absolute atomic E-state index is 0.0124. The maximum Gasteiger partial charge on any atom is 0.208 e. The van der Waals surface area contributed by atoms with Crippen LogP contribution in [0.5, 0.6) is 0 Å². The number of hydrogen-bond acceptors (Lipinski definition) is 7. The Labute approximate surface area is 114 Å². The van der Waals surface area contributed by atoms with E-state index >= 15 is 0 Å². The zero-order chi connectivity index (χ0) is 13.1. The number of anilines is 1. The molecule has 0 aliphatic rings. The van der Waals surface area contributed by atoms with Crippen LogP contribution in [0, 0.1) is 0 Å². The second-order valence-corrected chi connectivity index (χ2v) is 6.29. The third-order valence-corrected chi connectivity index (χ3v) is 4.35. The highest BCUT2D eigenvalue weighted by atomic mass is 32.2. The molecule has 0 fully saturated rings. The van der Waals surface area contributed by atoms with E-state index in [4.69, 9.17) is 5.73 Å². The molecule has 2 heterocycles. The lowest BCUT2D eigenvalue weighted by Crippen LogP contribution is -2.07. The van der Waals surface area contributed by atoms with Crippen molar-refractivity contribution in [2.24, 2.45) is 5.73 Å². The lowest BCUT2D eigenvalue weighted by Gasteiger charge is -2.05. The molecule has 0 aromatic carbocycles. The van der Waals surface area contributed by atoms with Gasteiger partial charge in [-0.3, -0.25) is 0 Å². The molecular formula is C11H15N5S2. The van der Waals surface area contributed by atoms with Crippen LogP contribution >= 0.6 is 23.1 Å². The van der Waals surface area contributed by atoms with Gasteiger partial charge in [0.05, 0.1) is 0 Å². The Morgan fingerprint density at radius 3 is 2.61 bits per heavy atom. The van der Waals surface area contributed by atoms with Crippen LogP contribution in [-0.4, -0.2) is 29.3 Å². The fourth-order valence-electron chi connectivity index (χ4n) is 1.24. The van der Waals surface area contributed by atoms with Crippen LogP contribution in [0.2, 0.25) is 0 Å². The van der Waals surface area contributed by atoms with E-state index in [1.807, 2.05) is 38.1 Å². The highest BCUT2D eigenvalue weighted by Gasteiger charge is 2.08. The molecule has 18 heavy (non-hydrogen) atoms. The van der Waals surface area contributed by atoms with Crippen molar-refractivity contribution in [2.75, 3.05) is 19.0 Å². The molecule has 2 N–H and O–H groups in total. The topological polar surface area (TPSA) is 67.9 Å². The maximum atomic E-state index is 5.78. The summed E-state index contributed by atoms with van der Waals surface area (Å²) >= 11 is 3.06. The Kier molecular flexibility index (Phi) is 4.15. The molecule has 2 aromatic heterocycles. The summed E-state index contributed by atoms with van der Waals surface area (Å²) in [6, 6.07) is 3.96. The van der Waals surface area contributed by atoms with Gasteiger partial charge in [0.25, 0.3) is 0 Å². The number of hydrogen-bond donors (Lipinski definition) is 1. The van der Waals surface area contributed by atoms with E-state index < -0.39 is 0 Å². The van der Waals surface area contributed by atoms with E-state index in [0.29, 0.717) is 0 Å². The monoisotopic (exact) mass is 281 g/mol. The van der Waals surface area contributed by atoms with Gasteiger partial charge >= 0.3 is 0 Å².